The SMILES string of the molecule is C[C@H](Nc1nccc(N2C(=O)OCC2[C@@H](C)OC(C)(C)C)n1)c1cccc(Oc2ccccc2)c1. The number of cyclic esters (lactones) is 1. The van der Waals surface area contributed by atoms with E-state index in [2.05, 4.69) is 15.3 Å². The summed E-state index contributed by atoms with van der Waals surface area (Å²) in [6.07, 6.45) is 0.950. The molecule has 1 unspecified atom stereocenters. The van der Waals surface area contributed by atoms with Gasteiger partial charge in [0.25, 0.3) is 0 Å². The van der Waals surface area contributed by atoms with Crippen LogP contribution < -0.4 is 15.0 Å². The summed E-state index contributed by atoms with van der Waals surface area (Å²) in [6, 6.07) is 18.8. The maximum Gasteiger partial charge on any atom is 0.416 e. The monoisotopic (exact) mass is 476 g/mol. The van der Waals surface area contributed by atoms with E-state index in [4.69, 9.17) is 14.2 Å². The molecule has 0 aliphatic carbocycles. The molecule has 1 aliphatic rings. The highest BCUT2D eigenvalue weighted by molar-refractivity contribution is 5.89. The van der Waals surface area contributed by atoms with E-state index in [0.29, 0.717) is 11.8 Å². The molecule has 0 saturated carbocycles. The Balaban J connectivity index is 1.48. The van der Waals surface area contributed by atoms with E-state index in [0.717, 1.165) is 17.1 Å². The first kappa shape index (κ1) is 24.5. The highest BCUT2D eigenvalue weighted by atomic mass is 16.6. The largest absolute Gasteiger partial charge is 0.457 e. The predicted octanol–water partition coefficient (Wildman–Crippen LogP) is 5.97. The number of benzene rings is 2. The lowest BCUT2D eigenvalue weighted by Crippen LogP contribution is -2.45. The maximum atomic E-state index is 12.6. The minimum Gasteiger partial charge on any atom is -0.457 e. The Morgan fingerprint density at radius 1 is 1.06 bits per heavy atom. The van der Waals surface area contributed by atoms with Crippen LogP contribution in [0.4, 0.5) is 16.6 Å². The minimum absolute atomic E-state index is 0.103. The Bertz CT molecular complexity index is 1150. The average molecular weight is 477 g/mol. The van der Waals surface area contributed by atoms with Gasteiger partial charge < -0.3 is 19.5 Å². The number of para-hydroxylation sites is 1. The molecular formula is C27H32N4O4. The number of hydrogen-bond acceptors (Lipinski definition) is 7. The van der Waals surface area contributed by atoms with Crippen LogP contribution in [0.15, 0.2) is 66.9 Å². The van der Waals surface area contributed by atoms with Crippen LogP contribution in [-0.2, 0) is 9.47 Å². The van der Waals surface area contributed by atoms with Gasteiger partial charge in [-0.3, -0.25) is 4.90 Å². The second-order valence-corrected chi connectivity index (χ2v) is 9.54. The first-order valence-corrected chi connectivity index (χ1v) is 11.8. The Labute approximate surface area is 206 Å². The van der Waals surface area contributed by atoms with Gasteiger partial charge in [0.05, 0.1) is 17.7 Å². The lowest BCUT2D eigenvalue weighted by molar-refractivity contribution is -0.0618. The van der Waals surface area contributed by atoms with Crippen LogP contribution >= 0.6 is 0 Å². The fourth-order valence-electron chi connectivity index (χ4n) is 3.98. The summed E-state index contributed by atoms with van der Waals surface area (Å²) in [5, 5.41) is 3.32. The van der Waals surface area contributed by atoms with E-state index in [-0.39, 0.29) is 30.4 Å². The minimum atomic E-state index is -0.442. The predicted molar refractivity (Wildman–Crippen MR) is 135 cm³/mol. The first-order valence-electron chi connectivity index (χ1n) is 11.8. The van der Waals surface area contributed by atoms with Crippen LogP contribution in [0.2, 0.25) is 0 Å². The zero-order valence-corrected chi connectivity index (χ0v) is 20.8. The third-order valence-electron chi connectivity index (χ3n) is 5.56. The second kappa shape index (κ2) is 10.3. The number of rotatable bonds is 8. The Kier molecular flexibility index (Phi) is 7.21. The number of nitrogens with zero attached hydrogens (tertiary/aromatic N) is 3. The Morgan fingerprint density at radius 2 is 1.80 bits per heavy atom. The third kappa shape index (κ3) is 6.27. The molecule has 0 bridgehead atoms. The smallest absolute Gasteiger partial charge is 0.416 e. The van der Waals surface area contributed by atoms with Crippen LogP contribution in [0.25, 0.3) is 0 Å². The maximum absolute atomic E-state index is 12.6. The van der Waals surface area contributed by atoms with Crippen LogP contribution in [0.1, 0.15) is 46.2 Å². The average Bonchev–Trinajstić information content (AvgIpc) is 3.20. The molecule has 1 fully saturated rings. The molecule has 0 radical (unpaired) electrons. The van der Waals surface area contributed by atoms with Crippen LogP contribution in [0.5, 0.6) is 11.5 Å². The lowest BCUT2D eigenvalue weighted by Gasteiger charge is -2.31. The molecule has 2 aromatic carbocycles. The number of amides is 1. The van der Waals surface area contributed by atoms with Crippen molar-refractivity contribution in [2.24, 2.45) is 0 Å². The highest BCUT2D eigenvalue weighted by Crippen LogP contribution is 2.29. The van der Waals surface area contributed by atoms with Crippen molar-refractivity contribution in [3.8, 4) is 11.5 Å². The van der Waals surface area contributed by atoms with E-state index in [9.17, 15) is 4.79 Å². The molecule has 1 aromatic heterocycles. The second-order valence-electron chi connectivity index (χ2n) is 9.54. The van der Waals surface area contributed by atoms with Crippen LogP contribution in [0, 0.1) is 0 Å². The molecule has 0 spiro atoms. The summed E-state index contributed by atoms with van der Waals surface area (Å²) in [7, 11) is 0. The number of ether oxygens (including phenoxy) is 3. The van der Waals surface area contributed by atoms with Crippen molar-refractivity contribution in [1.82, 2.24) is 9.97 Å². The lowest BCUT2D eigenvalue weighted by atomic mass is 10.1. The van der Waals surface area contributed by atoms with Gasteiger partial charge in [0.1, 0.15) is 30.0 Å². The van der Waals surface area contributed by atoms with Crippen LogP contribution in [0.3, 0.4) is 0 Å². The number of aromatic nitrogens is 2. The standard InChI is InChI=1S/C27H32N4O4/c1-18(20-10-9-13-22(16-20)34-21-11-7-6-8-12-21)29-25-28-15-14-24(30-25)31-23(17-33-26(31)32)19(2)35-27(3,4)5/h6-16,18-19,23H,17H2,1-5H3,(H,28,29,30)/t18-,19+,23?/m0/s1. The van der Waals surface area contributed by atoms with E-state index < -0.39 is 6.09 Å². The fraction of sp³-hybridized carbons (Fsp3) is 0.370. The molecule has 35 heavy (non-hydrogen) atoms. The summed E-state index contributed by atoms with van der Waals surface area (Å²) < 4.78 is 17.4. The van der Waals surface area contributed by atoms with E-state index in [1.807, 2.05) is 89.2 Å². The fourth-order valence-corrected chi connectivity index (χ4v) is 3.98. The van der Waals surface area contributed by atoms with Crippen molar-refractivity contribution in [2.45, 2.75) is 58.4 Å². The molecule has 1 N–H and O–H groups in total. The van der Waals surface area contributed by atoms with Gasteiger partial charge in [0.15, 0.2) is 0 Å². The summed E-state index contributed by atoms with van der Waals surface area (Å²) in [5.74, 6) is 2.39. The number of carbonyl (C=O) groups is 1. The zero-order valence-electron chi connectivity index (χ0n) is 20.8. The molecule has 8 nitrogen and oxygen atoms in total. The third-order valence-corrected chi connectivity index (χ3v) is 5.56. The van der Waals surface area contributed by atoms with E-state index in [1.54, 1.807) is 17.2 Å². The zero-order chi connectivity index (χ0) is 25.0. The molecular weight excluding hydrogens is 444 g/mol. The topological polar surface area (TPSA) is 85.8 Å². The summed E-state index contributed by atoms with van der Waals surface area (Å²) in [4.78, 5) is 23.1. The van der Waals surface area contributed by atoms with Crippen LogP contribution in [-0.4, -0.2) is 40.4 Å². The van der Waals surface area contributed by atoms with Gasteiger partial charge >= 0.3 is 6.09 Å². The van der Waals surface area contributed by atoms with Gasteiger partial charge in [-0.25, -0.2) is 9.78 Å². The molecule has 8 heteroatoms. The molecule has 3 aromatic rings. The quantitative estimate of drug-likeness (QED) is 0.429. The van der Waals surface area contributed by atoms with Gasteiger partial charge in [-0.05, 0) is 70.5 Å². The van der Waals surface area contributed by atoms with E-state index in [1.165, 1.54) is 0 Å². The molecule has 184 valence electrons. The Morgan fingerprint density at radius 3 is 2.54 bits per heavy atom. The molecule has 1 saturated heterocycles. The van der Waals surface area contributed by atoms with Crippen molar-refractivity contribution in [2.75, 3.05) is 16.8 Å². The normalized spacial score (nSPS) is 17.6. The Hall–Kier alpha value is -3.65. The summed E-state index contributed by atoms with van der Waals surface area (Å²) >= 11 is 0. The molecule has 3 atom stereocenters. The van der Waals surface area contributed by atoms with Gasteiger partial charge in [-0.1, -0.05) is 30.3 Å². The van der Waals surface area contributed by atoms with Crippen molar-refractivity contribution in [3.05, 3.63) is 72.4 Å². The highest BCUT2D eigenvalue weighted by Gasteiger charge is 2.40. The van der Waals surface area contributed by atoms with Gasteiger partial charge in [-0.15, -0.1) is 0 Å². The first-order chi connectivity index (χ1) is 16.7. The van der Waals surface area contributed by atoms with Gasteiger partial charge in [0.2, 0.25) is 5.95 Å². The molecule has 4 rings (SSSR count). The number of hydrogen-bond donors (Lipinski definition) is 1. The van der Waals surface area contributed by atoms with Gasteiger partial charge in [-0.2, -0.15) is 4.98 Å². The molecule has 1 amide bonds. The van der Waals surface area contributed by atoms with Crippen molar-refractivity contribution >= 4 is 17.9 Å². The van der Waals surface area contributed by atoms with E-state index >= 15 is 0 Å². The molecule has 1 aliphatic heterocycles. The number of anilines is 2. The number of nitrogens with one attached hydrogen (secondary N) is 1. The summed E-state index contributed by atoms with van der Waals surface area (Å²) in [5.41, 5.74) is 0.668. The van der Waals surface area contributed by atoms with Crippen molar-refractivity contribution in [1.29, 1.82) is 0 Å². The number of carbonyl (C=O) groups excluding carboxylic acids is 1. The van der Waals surface area contributed by atoms with Gasteiger partial charge in [0, 0.05) is 6.20 Å². The summed E-state index contributed by atoms with van der Waals surface area (Å²) in [6.45, 7) is 10.2. The van der Waals surface area contributed by atoms with Crippen molar-refractivity contribution in [3.63, 3.8) is 0 Å². The molecule has 2 heterocycles. The van der Waals surface area contributed by atoms with Crippen molar-refractivity contribution < 1.29 is 19.0 Å².